The van der Waals surface area contributed by atoms with Crippen molar-refractivity contribution in [2.24, 2.45) is 0 Å². The Morgan fingerprint density at radius 2 is 2.50 bits per heavy atom. The van der Waals surface area contributed by atoms with Crippen molar-refractivity contribution in [3.05, 3.63) is 29.0 Å². The number of rotatable bonds is 5. The van der Waals surface area contributed by atoms with Gasteiger partial charge in [0.15, 0.2) is 0 Å². The van der Waals surface area contributed by atoms with Crippen LogP contribution in [0.15, 0.2) is 24.1 Å². The molecule has 2 aromatic heterocycles. The van der Waals surface area contributed by atoms with E-state index in [1.165, 1.54) is 4.88 Å². The molecule has 0 aliphatic rings. The second-order valence-corrected chi connectivity index (χ2v) is 3.78. The molecule has 6 heteroatoms. The lowest BCUT2D eigenvalue weighted by molar-refractivity contribution is 0.541. The lowest BCUT2D eigenvalue weighted by Gasteiger charge is -2.01. The summed E-state index contributed by atoms with van der Waals surface area (Å²) in [6, 6.07) is 0. The lowest BCUT2D eigenvalue weighted by Crippen LogP contribution is -2.19. The number of thiazole rings is 1. The summed E-state index contributed by atoms with van der Waals surface area (Å²) >= 11 is 1.66. The van der Waals surface area contributed by atoms with Crippen molar-refractivity contribution in [2.45, 2.75) is 13.1 Å². The molecular weight excluding hydrogens is 198 g/mol. The van der Waals surface area contributed by atoms with Gasteiger partial charge in [-0.25, -0.2) is 0 Å². The summed E-state index contributed by atoms with van der Waals surface area (Å²) in [6.45, 7) is 2.61. The van der Waals surface area contributed by atoms with E-state index in [0.29, 0.717) is 0 Å². The highest BCUT2D eigenvalue weighted by Gasteiger charge is 1.94. The maximum atomic E-state index is 4.00. The summed E-state index contributed by atoms with van der Waals surface area (Å²) in [5, 5.41) is 10.9. The minimum Gasteiger partial charge on any atom is -0.310 e. The van der Waals surface area contributed by atoms with Crippen molar-refractivity contribution in [3.8, 4) is 0 Å². The van der Waals surface area contributed by atoms with E-state index in [4.69, 9.17) is 0 Å². The molecule has 0 fully saturated rings. The van der Waals surface area contributed by atoms with Crippen LogP contribution in [0.1, 0.15) is 4.88 Å². The molecule has 0 aliphatic heterocycles. The Bertz CT molecular complexity index is 305. The maximum absolute atomic E-state index is 4.00. The fourth-order valence-electron chi connectivity index (χ4n) is 1.09. The van der Waals surface area contributed by atoms with Gasteiger partial charge in [-0.3, -0.25) is 9.67 Å². The molecule has 0 aliphatic carbocycles. The Morgan fingerprint density at radius 1 is 1.50 bits per heavy atom. The molecule has 1 N–H and O–H groups in total. The molecule has 0 saturated carbocycles. The van der Waals surface area contributed by atoms with Gasteiger partial charge in [-0.05, 0) is 0 Å². The van der Waals surface area contributed by atoms with Crippen LogP contribution in [0.4, 0.5) is 0 Å². The molecule has 0 aromatic carbocycles. The van der Waals surface area contributed by atoms with Gasteiger partial charge in [-0.2, -0.15) is 0 Å². The molecule has 0 unspecified atom stereocenters. The van der Waals surface area contributed by atoms with Gasteiger partial charge in [0.2, 0.25) is 0 Å². The van der Waals surface area contributed by atoms with Crippen LogP contribution in [0.5, 0.6) is 0 Å². The molecular formula is C8H11N5S. The molecule has 0 bridgehead atoms. The summed E-state index contributed by atoms with van der Waals surface area (Å²) < 4.78 is 1.81. The van der Waals surface area contributed by atoms with Gasteiger partial charge in [0.1, 0.15) is 0 Å². The SMILES string of the molecule is c1cn(CCNCc2cncs2)nn1. The van der Waals surface area contributed by atoms with Crippen LogP contribution >= 0.6 is 11.3 Å². The fourth-order valence-corrected chi connectivity index (χ4v) is 1.65. The minimum atomic E-state index is 0.846. The minimum absolute atomic E-state index is 0.846. The third-order valence-electron chi connectivity index (χ3n) is 1.77. The number of nitrogens with one attached hydrogen (secondary N) is 1. The topological polar surface area (TPSA) is 55.6 Å². The zero-order valence-electron chi connectivity index (χ0n) is 7.63. The van der Waals surface area contributed by atoms with Gasteiger partial charge in [0.05, 0.1) is 18.3 Å². The van der Waals surface area contributed by atoms with Crippen LogP contribution in [0.2, 0.25) is 0 Å². The van der Waals surface area contributed by atoms with E-state index in [0.717, 1.165) is 19.6 Å². The standard InChI is InChI=1S/C8H11N5S/c1(3-13-4-2-11-12-13)9-5-8-6-10-7-14-8/h2,4,6-7,9H,1,3,5H2. The van der Waals surface area contributed by atoms with Crippen LogP contribution < -0.4 is 5.32 Å². The third kappa shape index (κ3) is 2.61. The Morgan fingerprint density at radius 3 is 3.21 bits per heavy atom. The van der Waals surface area contributed by atoms with Crippen LogP contribution in [0, 0.1) is 0 Å². The second kappa shape index (κ2) is 4.83. The van der Waals surface area contributed by atoms with E-state index in [2.05, 4.69) is 20.6 Å². The molecule has 2 heterocycles. The van der Waals surface area contributed by atoms with E-state index < -0.39 is 0 Å². The Labute approximate surface area is 85.8 Å². The first kappa shape index (κ1) is 9.29. The van der Waals surface area contributed by atoms with Gasteiger partial charge < -0.3 is 5.32 Å². The first-order chi connectivity index (χ1) is 6.95. The highest BCUT2D eigenvalue weighted by molar-refractivity contribution is 7.09. The Kier molecular flexibility index (Phi) is 3.20. The van der Waals surface area contributed by atoms with Crippen molar-refractivity contribution in [3.63, 3.8) is 0 Å². The van der Waals surface area contributed by atoms with Crippen LogP contribution in [-0.2, 0) is 13.1 Å². The molecule has 2 rings (SSSR count). The van der Waals surface area contributed by atoms with Gasteiger partial charge in [0.25, 0.3) is 0 Å². The fraction of sp³-hybridized carbons (Fsp3) is 0.375. The molecule has 0 amide bonds. The van der Waals surface area contributed by atoms with E-state index in [-0.39, 0.29) is 0 Å². The monoisotopic (exact) mass is 209 g/mol. The average molecular weight is 209 g/mol. The van der Waals surface area contributed by atoms with Crippen molar-refractivity contribution in [1.82, 2.24) is 25.3 Å². The summed E-state index contributed by atoms with van der Waals surface area (Å²) in [5.41, 5.74) is 1.84. The number of aromatic nitrogens is 4. The first-order valence-corrected chi connectivity index (χ1v) is 5.25. The molecule has 74 valence electrons. The summed E-state index contributed by atoms with van der Waals surface area (Å²) in [6.07, 6.45) is 5.42. The highest BCUT2D eigenvalue weighted by atomic mass is 32.1. The van der Waals surface area contributed by atoms with E-state index in [9.17, 15) is 0 Å². The van der Waals surface area contributed by atoms with Gasteiger partial charge >= 0.3 is 0 Å². The zero-order chi connectivity index (χ0) is 9.64. The van der Waals surface area contributed by atoms with E-state index in [1.807, 2.05) is 17.9 Å². The largest absolute Gasteiger partial charge is 0.310 e. The van der Waals surface area contributed by atoms with Gasteiger partial charge in [0, 0.05) is 30.4 Å². The molecule has 0 atom stereocenters. The average Bonchev–Trinajstić information content (AvgIpc) is 2.86. The lowest BCUT2D eigenvalue weighted by atomic mass is 10.5. The van der Waals surface area contributed by atoms with Crippen LogP contribution in [0.3, 0.4) is 0 Å². The summed E-state index contributed by atoms with van der Waals surface area (Å²) in [4.78, 5) is 5.26. The maximum Gasteiger partial charge on any atom is 0.0794 e. The van der Waals surface area contributed by atoms with Crippen LogP contribution in [0.25, 0.3) is 0 Å². The van der Waals surface area contributed by atoms with Crippen molar-refractivity contribution in [1.29, 1.82) is 0 Å². The van der Waals surface area contributed by atoms with Gasteiger partial charge in [-0.1, -0.05) is 5.21 Å². The van der Waals surface area contributed by atoms with Crippen LogP contribution in [-0.4, -0.2) is 26.5 Å². The number of nitrogens with zero attached hydrogens (tertiary/aromatic N) is 4. The molecule has 0 radical (unpaired) electrons. The van der Waals surface area contributed by atoms with Crippen molar-refractivity contribution >= 4 is 11.3 Å². The molecule has 0 saturated heterocycles. The van der Waals surface area contributed by atoms with Crippen molar-refractivity contribution in [2.75, 3.05) is 6.54 Å². The summed E-state index contributed by atoms with van der Waals surface area (Å²) in [7, 11) is 0. The van der Waals surface area contributed by atoms with Gasteiger partial charge in [-0.15, -0.1) is 16.4 Å². The normalized spacial score (nSPS) is 10.6. The number of hydrogen-bond donors (Lipinski definition) is 1. The summed E-state index contributed by atoms with van der Waals surface area (Å²) in [5.74, 6) is 0. The second-order valence-electron chi connectivity index (χ2n) is 2.81. The Balaban J connectivity index is 1.65. The van der Waals surface area contributed by atoms with E-state index >= 15 is 0 Å². The highest BCUT2D eigenvalue weighted by Crippen LogP contribution is 2.03. The predicted octanol–water partition coefficient (Wildman–Crippen LogP) is 0.524. The van der Waals surface area contributed by atoms with E-state index in [1.54, 1.807) is 22.2 Å². The molecule has 14 heavy (non-hydrogen) atoms. The van der Waals surface area contributed by atoms with Crippen molar-refractivity contribution < 1.29 is 0 Å². The molecule has 0 spiro atoms. The quantitative estimate of drug-likeness (QED) is 0.730. The predicted molar refractivity (Wildman–Crippen MR) is 53.8 cm³/mol. The zero-order valence-corrected chi connectivity index (χ0v) is 8.44. The molecule has 2 aromatic rings. The number of hydrogen-bond acceptors (Lipinski definition) is 5. The smallest absolute Gasteiger partial charge is 0.0794 e. The molecule has 5 nitrogen and oxygen atoms in total. The Hall–Kier alpha value is -1.27. The first-order valence-electron chi connectivity index (χ1n) is 4.37. The third-order valence-corrected chi connectivity index (χ3v) is 2.55.